The van der Waals surface area contributed by atoms with Crippen LogP contribution in [0.15, 0.2) is 41.6 Å². The van der Waals surface area contributed by atoms with Crippen molar-refractivity contribution in [3.05, 3.63) is 42.5 Å². The Kier molecular flexibility index (Phi) is 5.21. The molecule has 3 atom stereocenters. The monoisotopic (exact) mass is 376 g/mol. The van der Waals surface area contributed by atoms with Gasteiger partial charge in [-0.1, -0.05) is 39.0 Å². The van der Waals surface area contributed by atoms with E-state index in [-0.39, 0.29) is 17.5 Å². The van der Waals surface area contributed by atoms with Crippen LogP contribution in [0.1, 0.15) is 51.9 Å². The van der Waals surface area contributed by atoms with Crippen molar-refractivity contribution in [3.8, 4) is 0 Å². The van der Waals surface area contributed by atoms with E-state index >= 15 is 0 Å². The van der Waals surface area contributed by atoms with Gasteiger partial charge in [0.05, 0.1) is 4.90 Å². The molecule has 0 aliphatic heterocycles. The largest absolute Gasteiger partial charge is 0.314 e. The minimum atomic E-state index is -3.51. The van der Waals surface area contributed by atoms with Gasteiger partial charge in [0, 0.05) is 12.1 Å². The van der Waals surface area contributed by atoms with Gasteiger partial charge >= 0.3 is 0 Å². The van der Waals surface area contributed by atoms with Crippen LogP contribution in [0.25, 0.3) is 0 Å². The van der Waals surface area contributed by atoms with Gasteiger partial charge < -0.3 is 4.57 Å². The Morgan fingerprint density at radius 3 is 2.42 bits per heavy atom. The van der Waals surface area contributed by atoms with Crippen molar-refractivity contribution in [1.82, 2.24) is 19.5 Å². The van der Waals surface area contributed by atoms with Gasteiger partial charge in [0.1, 0.15) is 12.2 Å². The maximum absolute atomic E-state index is 12.7. The summed E-state index contributed by atoms with van der Waals surface area (Å²) < 4.78 is 30.4. The lowest BCUT2D eigenvalue weighted by Crippen LogP contribution is -2.44. The SMILES string of the molecule is Cc1nncn1[C@@H]1C[C@@H](NS(=O)(=O)c2ccccc2)CCC1C(C)(C)C. The lowest BCUT2D eigenvalue weighted by atomic mass is 9.68. The summed E-state index contributed by atoms with van der Waals surface area (Å²) in [6.07, 6.45) is 4.32. The summed E-state index contributed by atoms with van der Waals surface area (Å²) in [7, 11) is -3.51. The van der Waals surface area contributed by atoms with Crippen LogP contribution in [-0.2, 0) is 10.0 Å². The molecule has 6 nitrogen and oxygen atoms in total. The number of nitrogens with zero attached hydrogens (tertiary/aromatic N) is 3. The zero-order valence-electron chi connectivity index (χ0n) is 15.9. The molecule has 0 spiro atoms. The smallest absolute Gasteiger partial charge is 0.240 e. The summed E-state index contributed by atoms with van der Waals surface area (Å²) in [5.74, 6) is 1.31. The first-order valence-corrected chi connectivity index (χ1v) is 10.6. The third-order valence-electron chi connectivity index (χ3n) is 5.41. The molecule has 0 bridgehead atoms. The number of aryl methyl sites for hydroxylation is 1. The van der Waals surface area contributed by atoms with Gasteiger partial charge in [-0.15, -0.1) is 10.2 Å². The first-order valence-electron chi connectivity index (χ1n) is 9.12. The molecule has 1 saturated carbocycles. The number of hydrogen-bond acceptors (Lipinski definition) is 4. The molecule has 1 aliphatic rings. The van der Waals surface area contributed by atoms with Gasteiger partial charge in [-0.25, -0.2) is 13.1 Å². The summed E-state index contributed by atoms with van der Waals surface area (Å²) in [5, 5.41) is 8.16. The van der Waals surface area contributed by atoms with Gasteiger partial charge in [-0.2, -0.15) is 0 Å². The van der Waals surface area contributed by atoms with Gasteiger partial charge in [-0.05, 0) is 49.7 Å². The quantitative estimate of drug-likeness (QED) is 0.888. The summed E-state index contributed by atoms with van der Waals surface area (Å²) in [6.45, 7) is 8.70. The van der Waals surface area contributed by atoms with Crippen molar-refractivity contribution < 1.29 is 8.42 Å². The summed E-state index contributed by atoms with van der Waals surface area (Å²) in [4.78, 5) is 0.315. The maximum Gasteiger partial charge on any atom is 0.240 e. The molecule has 1 fully saturated rings. The third kappa shape index (κ3) is 3.99. The fourth-order valence-electron chi connectivity index (χ4n) is 4.08. The van der Waals surface area contributed by atoms with Crippen molar-refractivity contribution in [2.75, 3.05) is 0 Å². The van der Waals surface area contributed by atoms with Gasteiger partial charge in [0.15, 0.2) is 0 Å². The van der Waals surface area contributed by atoms with Crippen LogP contribution in [0, 0.1) is 18.3 Å². The first-order chi connectivity index (χ1) is 12.2. The normalized spacial score (nSPS) is 24.5. The highest BCUT2D eigenvalue weighted by molar-refractivity contribution is 7.89. The highest BCUT2D eigenvalue weighted by atomic mass is 32.2. The van der Waals surface area contributed by atoms with Crippen molar-refractivity contribution in [2.24, 2.45) is 11.3 Å². The van der Waals surface area contributed by atoms with Crippen LogP contribution >= 0.6 is 0 Å². The van der Waals surface area contributed by atoms with Crippen LogP contribution in [0.2, 0.25) is 0 Å². The van der Waals surface area contributed by atoms with E-state index in [1.165, 1.54) is 0 Å². The molecule has 0 amide bonds. The average molecular weight is 377 g/mol. The topological polar surface area (TPSA) is 76.9 Å². The molecule has 1 unspecified atom stereocenters. The number of aromatic nitrogens is 3. The highest BCUT2D eigenvalue weighted by Crippen LogP contribution is 2.44. The molecule has 1 aliphatic carbocycles. The summed E-state index contributed by atoms with van der Waals surface area (Å²) in [6, 6.07) is 8.66. The predicted octanol–water partition coefficient (Wildman–Crippen LogP) is 3.32. The van der Waals surface area contributed by atoms with Crippen molar-refractivity contribution >= 4 is 10.0 Å². The lowest BCUT2D eigenvalue weighted by molar-refractivity contribution is 0.0993. The molecule has 1 aromatic carbocycles. The molecule has 142 valence electrons. The van der Waals surface area contributed by atoms with Crippen molar-refractivity contribution in [1.29, 1.82) is 0 Å². The van der Waals surface area contributed by atoms with E-state index in [1.807, 2.05) is 13.0 Å². The number of sulfonamides is 1. The molecule has 1 aromatic heterocycles. The second-order valence-electron chi connectivity index (χ2n) is 8.27. The predicted molar refractivity (Wildman–Crippen MR) is 101 cm³/mol. The Morgan fingerprint density at radius 1 is 1.15 bits per heavy atom. The van der Waals surface area contributed by atoms with Crippen LogP contribution < -0.4 is 4.72 Å². The fraction of sp³-hybridized carbons (Fsp3) is 0.579. The number of benzene rings is 1. The van der Waals surface area contributed by atoms with E-state index in [9.17, 15) is 8.42 Å². The van der Waals surface area contributed by atoms with Crippen molar-refractivity contribution in [3.63, 3.8) is 0 Å². The average Bonchev–Trinajstić information content (AvgIpc) is 3.00. The number of rotatable bonds is 4. The minimum absolute atomic E-state index is 0.0920. The molecule has 0 saturated heterocycles. The fourth-order valence-corrected chi connectivity index (χ4v) is 5.39. The van der Waals surface area contributed by atoms with E-state index in [2.05, 4.69) is 40.3 Å². The Bertz CT molecular complexity index is 840. The van der Waals surface area contributed by atoms with Gasteiger partial charge in [0.25, 0.3) is 0 Å². The Morgan fingerprint density at radius 2 is 1.85 bits per heavy atom. The summed E-state index contributed by atoms with van der Waals surface area (Å²) >= 11 is 0. The maximum atomic E-state index is 12.7. The van der Waals surface area contributed by atoms with E-state index in [4.69, 9.17) is 0 Å². The highest BCUT2D eigenvalue weighted by Gasteiger charge is 2.40. The van der Waals surface area contributed by atoms with Crippen molar-refractivity contribution in [2.45, 2.75) is 63.9 Å². The minimum Gasteiger partial charge on any atom is -0.314 e. The van der Waals surface area contributed by atoms with Gasteiger partial charge in [0.2, 0.25) is 10.0 Å². The van der Waals surface area contributed by atoms with E-state index in [0.29, 0.717) is 10.8 Å². The molecular formula is C19H28N4O2S. The van der Waals surface area contributed by atoms with Crippen LogP contribution in [0.5, 0.6) is 0 Å². The molecule has 1 N–H and O–H groups in total. The van der Waals surface area contributed by atoms with Crippen LogP contribution in [-0.4, -0.2) is 29.2 Å². The Hall–Kier alpha value is -1.73. The van der Waals surface area contributed by atoms with Crippen LogP contribution in [0.3, 0.4) is 0 Å². The standard InChI is InChI=1S/C19H28N4O2S/c1-14-21-20-13-23(14)18-12-15(10-11-17(18)19(2,3)4)22-26(24,25)16-8-6-5-7-9-16/h5-9,13,15,17-18,22H,10-12H2,1-4H3/t15-,17?,18+/m0/s1. The first kappa shape index (κ1) is 19.0. The third-order valence-corrected chi connectivity index (χ3v) is 6.95. The second-order valence-corrected chi connectivity index (χ2v) is 9.98. The molecule has 0 radical (unpaired) electrons. The van der Waals surface area contributed by atoms with Gasteiger partial charge in [-0.3, -0.25) is 0 Å². The number of nitrogens with one attached hydrogen (secondary N) is 1. The van der Waals surface area contributed by atoms with E-state index in [1.54, 1.807) is 30.6 Å². The molecule has 3 rings (SSSR count). The van der Waals surface area contributed by atoms with Crippen LogP contribution in [0.4, 0.5) is 0 Å². The molecule has 1 heterocycles. The Balaban J connectivity index is 1.83. The zero-order chi connectivity index (χ0) is 18.9. The van der Waals surface area contributed by atoms with E-state index < -0.39 is 10.0 Å². The molecule has 7 heteroatoms. The zero-order valence-corrected chi connectivity index (χ0v) is 16.7. The second kappa shape index (κ2) is 7.12. The Labute approximate surface area is 156 Å². The molecular weight excluding hydrogens is 348 g/mol. The summed E-state index contributed by atoms with van der Waals surface area (Å²) in [5.41, 5.74) is 0.130. The molecule has 2 aromatic rings. The number of hydrogen-bond donors (Lipinski definition) is 1. The van der Waals surface area contributed by atoms with E-state index in [0.717, 1.165) is 25.1 Å². The lowest BCUT2D eigenvalue weighted by Gasteiger charge is -2.43. The molecule has 26 heavy (non-hydrogen) atoms.